The van der Waals surface area contributed by atoms with Crippen LogP contribution < -0.4 is 10.6 Å². The highest BCUT2D eigenvalue weighted by Crippen LogP contribution is 2.17. The second kappa shape index (κ2) is 8.42. The van der Waals surface area contributed by atoms with Crippen molar-refractivity contribution in [2.24, 2.45) is 4.99 Å². The molecule has 1 aromatic heterocycles. The maximum Gasteiger partial charge on any atom is 0.191 e. The van der Waals surface area contributed by atoms with Gasteiger partial charge in [-0.25, -0.2) is 13.8 Å². The molecule has 2 rings (SSSR count). The molecule has 0 aliphatic rings. The van der Waals surface area contributed by atoms with Gasteiger partial charge in [0.1, 0.15) is 11.5 Å². The average Bonchev–Trinajstić information content (AvgIpc) is 2.98. The number of guanidine groups is 1. The molecule has 2 N–H and O–H groups in total. The standard InChI is InChI=1S/C17H22F2N4O/c1-4-20-17(22-10-14-7-12(3)24-23-14)21-9-11(2)13-5-6-15(18)16(19)8-13/h5-8,11H,4,9-10H2,1-3H3,(H2,20,21,22)/t11-/m0/s1. The van der Waals surface area contributed by atoms with Gasteiger partial charge in [0, 0.05) is 19.2 Å². The highest BCUT2D eigenvalue weighted by molar-refractivity contribution is 5.79. The van der Waals surface area contributed by atoms with E-state index in [2.05, 4.69) is 20.8 Å². The molecular formula is C17H22F2N4O. The first kappa shape index (κ1) is 17.9. The summed E-state index contributed by atoms with van der Waals surface area (Å²) in [6, 6.07) is 5.79. The first-order valence-electron chi connectivity index (χ1n) is 7.89. The second-order valence-electron chi connectivity index (χ2n) is 5.58. The molecule has 0 aliphatic heterocycles. The summed E-state index contributed by atoms with van der Waals surface area (Å²) in [7, 11) is 0. The molecule has 2 aromatic rings. The molecule has 0 saturated heterocycles. The Bertz CT molecular complexity index is 700. The molecule has 1 heterocycles. The van der Waals surface area contributed by atoms with Gasteiger partial charge < -0.3 is 15.2 Å². The van der Waals surface area contributed by atoms with Crippen LogP contribution in [0.5, 0.6) is 0 Å². The average molecular weight is 336 g/mol. The van der Waals surface area contributed by atoms with Crippen LogP contribution in [0.3, 0.4) is 0 Å². The van der Waals surface area contributed by atoms with Crippen LogP contribution in [0.4, 0.5) is 8.78 Å². The number of hydrogen-bond acceptors (Lipinski definition) is 3. The van der Waals surface area contributed by atoms with Crippen LogP contribution in [0.15, 0.2) is 33.8 Å². The minimum atomic E-state index is -0.836. The Balaban J connectivity index is 1.95. The van der Waals surface area contributed by atoms with Crippen molar-refractivity contribution >= 4 is 5.96 Å². The predicted molar refractivity (Wildman–Crippen MR) is 88.8 cm³/mol. The maximum atomic E-state index is 13.3. The third-order valence-corrected chi connectivity index (χ3v) is 3.51. The molecule has 24 heavy (non-hydrogen) atoms. The molecule has 1 atom stereocenters. The zero-order valence-corrected chi connectivity index (χ0v) is 14.1. The third-order valence-electron chi connectivity index (χ3n) is 3.51. The molecule has 130 valence electrons. The van der Waals surface area contributed by atoms with E-state index in [9.17, 15) is 8.78 Å². The fourth-order valence-electron chi connectivity index (χ4n) is 2.18. The van der Waals surface area contributed by atoms with Gasteiger partial charge in [-0.2, -0.15) is 0 Å². The minimum absolute atomic E-state index is 0.00162. The largest absolute Gasteiger partial charge is 0.361 e. The molecule has 7 heteroatoms. The zero-order chi connectivity index (χ0) is 17.5. The van der Waals surface area contributed by atoms with Crippen LogP contribution in [-0.4, -0.2) is 24.2 Å². The lowest BCUT2D eigenvalue weighted by Crippen LogP contribution is -2.39. The van der Waals surface area contributed by atoms with E-state index in [0.29, 0.717) is 25.6 Å². The summed E-state index contributed by atoms with van der Waals surface area (Å²) in [6.07, 6.45) is 0. The van der Waals surface area contributed by atoms with E-state index in [1.54, 1.807) is 6.07 Å². The highest BCUT2D eigenvalue weighted by Gasteiger charge is 2.10. The van der Waals surface area contributed by atoms with Gasteiger partial charge in [0.05, 0.1) is 6.54 Å². The quantitative estimate of drug-likeness (QED) is 0.628. The van der Waals surface area contributed by atoms with Crippen molar-refractivity contribution in [3.8, 4) is 0 Å². The molecule has 0 aliphatic carbocycles. The number of aryl methyl sites for hydroxylation is 1. The normalized spacial score (nSPS) is 13.0. The lowest BCUT2D eigenvalue weighted by atomic mass is 10.0. The summed E-state index contributed by atoms with van der Waals surface area (Å²) >= 11 is 0. The molecule has 1 aromatic carbocycles. The van der Waals surface area contributed by atoms with Crippen molar-refractivity contribution in [3.05, 3.63) is 52.9 Å². The summed E-state index contributed by atoms with van der Waals surface area (Å²) in [6.45, 7) is 7.37. The summed E-state index contributed by atoms with van der Waals surface area (Å²) in [4.78, 5) is 4.43. The van der Waals surface area contributed by atoms with Crippen LogP contribution >= 0.6 is 0 Å². The molecule has 0 bridgehead atoms. The maximum absolute atomic E-state index is 13.3. The number of aliphatic imine (C=N–C) groups is 1. The first-order valence-corrected chi connectivity index (χ1v) is 7.89. The molecule has 0 spiro atoms. The fraction of sp³-hybridized carbons (Fsp3) is 0.412. The molecular weight excluding hydrogens is 314 g/mol. The van der Waals surface area contributed by atoms with Gasteiger partial charge in [0.15, 0.2) is 17.6 Å². The number of halogens is 2. The summed E-state index contributed by atoms with van der Waals surface area (Å²) in [5.74, 6) is -0.297. The summed E-state index contributed by atoms with van der Waals surface area (Å²) < 4.78 is 31.3. The molecule has 5 nitrogen and oxygen atoms in total. The van der Waals surface area contributed by atoms with Gasteiger partial charge in [-0.15, -0.1) is 0 Å². The number of nitrogens with one attached hydrogen (secondary N) is 2. The number of nitrogens with zero attached hydrogens (tertiary/aromatic N) is 2. The molecule has 0 amide bonds. The van der Waals surface area contributed by atoms with Crippen molar-refractivity contribution in [1.82, 2.24) is 15.8 Å². The molecule has 0 unspecified atom stereocenters. The Labute approximate surface area is 140 Å². The Morgan fingerprint density at radius 2 is 2.04 bits per heavy atom. The number of aromatic nitrogens is 1. The van der Waals surface area contributed by atoms with E-state index in [1.165, 1.54) is 6.07 Å². The molecule has 0 fully saturated rings. The summed E-state index contributed by atoms with van der Waals surface area (Å²) in [5, 5.41) is 10.2. The van der Waals surface area contributed by atoms with Crippen molar-refractivity contribution in [2.45, 2.75) is 33.2 Å². The van der Waals surface area contributed by atoms with Crippen LogP contribution in [-0.2, 0) is 6.54 Å². The van der Waals surface area contributed by atoms with Gasteiger partial charge >= 0.3 is 0 Å². The Hall–Kier alpha value is -2.44. The Morgan fingerprint density at radius 1 is 1.25 bits per heavy atom. The van der Waals surface area contributed by atoms with Crippen LogP contribution in [0.25, 0.3) is 0 Å². The van der Waals surface area contributed by atoms with E-state index in [4.69, 9.17) is 4.52 Å². The molecule has 0 radical (unpaired) electrons. The van der Waals surface area contributed by atoms with Gasteiger partial charge in [-0.3, -0.25) is 0 Å². The first-order chi connectivity index (χ1) is 11.5. The van der Waals surface area contributed by atoms with Gasteiger partial charge in [0.2, 0.25) is 0 Å². The predicted octanol–water partition coefficient (Wildman–Crippen LogP) is 3.12. The highest BCUT2D eigenvalue weighted by atomic mass is 19.2. The monoisotopic (exact) mass is 336 g/mol. The second-order valence-corrected chi connectivity index (χ2v) is 5.58. The van der Waals surface area contributed by atoms with Gasteiger partial charge in [-0.1, -0.05) is 18.1 Å². The van der Waals surface area contributed by atoms with E-state index < -0.39 is 11.6 Å². The molecule has 0 saturated carbocycles. The lowest BCUT2D eigenvalue weighted by molar-refractivity contribution is 0.391. The number of benzene rings is 1. The van der Waals surface area contributed by atoms with E-state index in [-0.39, 0.29) is 5.92 Å². The topological polar surface area (TPSA) is 62.5 Å². The van der Waals surface area contributed by atoms with E-state index >= 15 is 0 Å². The van der Waals surface area contributed by atoms with Gasteiger partial charge in [-0.05, 0) is 37.5 Å². The minimum Gasteiger partial charge on any atom is -0.361 e. The van der Waals surface area contributed by atoms with Gasteiger partial charge in [0.25, 0.3) is 0 Å². The van der Waals surface area contributed by atoms with Crippen LogP contribution in [0, 0.1) is 18.6 Å². The van der Waals surface area contributed by atoms with Crippen molar-refractivity contribution in [1.29, 1.82) is 0 Å². The fourth-order valence-corrected chi connectivity index (χ4v) is 2.18. The van der Waals surface area contributed by atoms with E-state index in [1.807, 2.05) is 26.8 Å². The number of rotatable bonds is 6. The lowest BCUT2D eigenvalue weighted by Gasteiger charge is -2.16. The van der Waals surface area contributed by atoms with Crippen molar-refractivity contribution in [3.63, 3.8) is 0 Å². The smallest absolute Gasteiger partial charge is 0.191 e. The summed E-state index contributed by atoms with van der Waals surface area (Å²) in [5.41, 5.74) is 1.47. The zero-order valence-electron chi connectivity index (χ0n) is 14.1. The van der Waals surface area contributed by atoms with E-state index in [0.717, 1.165) is 23.1 Å². The van der Waals surface area contributed by atoms with Crippen LogP contribution in [0.1, 0.15) is 36.8 Å². The SMILES string of the molecule is CCNC(=NCc1cc(C)on1)NC[C@H](C)c1ccc(F)c(F)c1. The Kier molecular flexibility index (Phi) is 6.28. The third kappa shape index (κ3) is 5.04. The number of hydrogen-bond donors (Lipinski definition) is 2. The van der Waals surface area contributed by atoms with Crippen molar-refractivity contribution in [2.75, 3.05) is 13.1 Å². The van der Waals surface area contributed by atoms with Crippen LogP contribution in [0.2, 0.25) is 0 Å². The van der Waals surface area contributed by atoms with Crippen molar-refractivity contribution < 1.29 is 13.3 Å². The Morgan fingerprint density at radius 3 is 2.67 bits per heavy atom.